The maximum absolute atomic E-state index is 14.0. The van der Waals surface area contributed by atoms with E-state index in [4.69, 9.17) is 9.15 Å². The number of amides is 1. The Kier molecular flexibility index (Phi) is 5.52. The molecular weight excluding hydrogens is 389 g/mol. The molecule has 0 radical (unpaired) electrons. The van der Waals surface area contributed by atoms with E-state index in [0.29, 0.717) is 35.6 Å². The maximum Gasteiger partial charge on any atom is 0.373 e. The summed E-state index contributed by atoms with van der Waals surface area (Å²) in [5, 5.41) is 0. The average Bonchev–Trinajstić information content (AvgIpc) is 3.24. The molecule has 1 amide bonds. The normalized spacial score (nSPS) is 13.1. The Hall–Kier alpha value is -3.61. The predicted molar refractivity (Wildman–Crippen MR) is 106 cm³/mol. The topological polar surface area (TPSA) is 69.0 Å². The van der Waals surface area contributed by atoms with Crippen LogP contribution in [0.1, 0.15) is 37.8 Å². The van der Waals surface area contributed by atoms with Crippen molar-refractivity contribution in [1.29, 1.82) is 0 Å². The number of rotatable bonds is 6. The van der Waals surface area contributed by atoms with Gasteiger partial charge in [-0.2, -0.15) is 0 Å². The lowest BCUT2D eigenvalue weighted by Crippen LogP contribution is -2.37. The Labute approximate surface area is 172 Å². The Morgan fingerprint density at radius 2 is 1.97 bits per heavy atom. The minimum atomic E-state index is -0.557. The molecule has 0 N–H and O–H groups in total. The highest BCUT2D eigenvalue weighted by Crippen LogP contribution is 2.29. The number of ether oxygens (including phenoxy) is 2. The quantitative estimate of drug-likeness (QED) is 0.576. The third-order valence-electron chi connectivity index (χ3n) is 5.02. The van der Waals surface area contributed by atoms with Crippen molar-refractivity contribution in [2.45, 2.75) is 19.6 Å². The van der Waals surface area contributed by atoms with E-state index in [1.165, 1.54) is 19.2 Å². The molecule has 2 aromatic carbocycles. The fourth-order valence-corrected chi connectivity index (χ4v) is 3.48. The Morgan fingerprint density at radius 3 is 2.77 bits per heavy atom. The third kappa shape index (κ3) is 3.91. The zero-order valence-corrected chi connectivity index (χ0v) is 16.4. The average molecular weight is 409 g/mol. The largest absolute Gasteiger partial charge is 0.485 e. The van der Waals surface area contributed by atoms with Crippen LogP contribution in [0.5, 0.6) is 5.75 Å². The fraction of sp³-hybridized carbons (Fsp3) is 0.217. The molecule has 4 rings (SSSR count). The smallest absolute Gasteiger partial charge is 0.373 e. The van der Waals surface area contributed by atoms with Crippen LogP contribution in [-0.4, -0.2) is 30.4 Å². The number of methoxy groups -OCH3 is 1. The molecule has 1 aromatic heterocycles. The Bertz CT molecular complexity index is 1090. The van der Waals surface area contributed by atoms with Gasteiger partial charge in [-0.1, -0.05) is 24.3 Å². The molecule has 30 heavy (non-hydrogen) atoms. The fourth-order valence-electron chi connectivity index (χ4n) is 3.48. The number of carbonyl (C=O) groups excluding carboxylic acids is 2. The monoisotopic (exact) mass is 409 g/mol. The van der Waals surface area contributed by atoms with Crippen molar-refractivity contribution >= 4 is 11.9 Å². The van der Waals surface area contributed by atoms with Gasteiger partial charge >= 0.3 is 5.97 Å². The van der Waals surface area contributed by atoms with Gasteiger partial charge in [-0.3, -0.25) is 4.79 Å². The van der Waals surface area contributed by atoms with Gasteiger partial charge in [0.25, 0.3) is 5.91 Å². The zero-order chi connectivity index (χ0) is 21.1. The summed E-state index contributed by atoms with van der Waals surface area (Å²) in [6, 6.07) is 14.9. The third-order valence-corrected chi connectivity index (χ3v) is 5.02. The van der Waals surface area contributed by atoms with Gasteiger partial charge in [0.2, 0.25) is 5.76 Å². The van der Waals surface area contributed by atoms with Crippen molar-refractivity contribution in [2.24, 2.45) is 0 Å². The first kappa shape index (κ1) is 19.7. The van der Waals surface area contributed by atoms with Gasteiger partial charge in [0, 0.05) is 29.8 Å². The molecule has 0 saturated carbocycles. The summed E-state index contributed by atoms with van der Waals surface area (Å²) < 4.78 is 29.9. The molecule has 7 heteroatoms. The minimum Gasteiger partial charge on any atom is -0.485 e. The van der Waals surface area contributed by atoms with Gasteiger partial charge in [-0.05, 0) is 36.8 Å². The van der Waals surface area contributed by atoms with Crippen molar-refractivity contribution in [1.82, 2.24) is 4.90 Å². The summed E-state index contributed by atoms with van der Waals surface area (Å²) in [6.45, 7) is 0.799. The number of benzene rings is 2. The molecule has 1 aliphatic rings. The second-order valence-corrected chi connectivity index (χ2v) is 6.90. The van der Waals surface area contributed by atoms with E-state index in [2.05, 4.69) is 4.74 Å². The van der Waals surface area contributed by atoms with Crippen LogP contribution in [0.4, 0.5) is 4.39 Å². The van der Waals surface area contributed by atoms with Gasteiger partial charge < -0.3 is 18.8 Å². The standard InChI is InChI=1S/C23H20FNO5/c1-28-23(27)21-10-9-16(30-21)14-29-20-8-4-6-18-17(20)11-12-25(22(18)26)13-15-5-2-3-7-19(15)24/h2-10H,11-14H2,1H3. The number of hydrogen-bond acceptors (Lipinski definition) is 5. The summed E-state index contributed by atoms with van der Waals surface area (Å²) in [5.74, 6) is 0.122. The highest BCUT2D eigenvalue weighted by atomic mass is 19.1. The van der Waals surface area contributed by atoms with E-state index in [1.54, 1.807) is 47.4 Å². The molecule has 0 atom stereocenters. The SMILES string of the molecule is COC(=O)c1ccc(COc2cccc3c2CCN(Cc2ccccc2F)C3=O)o1. The van der Waals surface area contributed by atoms with Crippen LogP contribution < -0.4 is 4.74 Å². The Balaban J connectivity index is 1.48. The molecule has 0 saturated heterocycles. The predicted octanol–water partition coefficient (Wildman–Crippen LogP) is 3.98. The van der Waals surface area contributed by atoms with Crippen molar-refractivity contribution in [3.05, 3.63) is 88.6 Å². The number of hydrogen-bond donors (Lipinski definition) is 0. The highest BCUT2D eigenvalue weighted by Gasteiger charge is 2.27. The van der Waals surface area contributed by atoms with Crippen molar-refractivity contribution in [3.8, 4) is 5.75 Å². The van der Waals surface area contributed by atoms with Gasteiger partial charge in [-0.25, -0.2) is 9.18 Å². The number of halogens is 1. The molecular formula is C23H20FNO5. The van der Waals surface area contributed by atoms with Gasteiger partial charge in [0.1, 0.15) is 23.9 Å². The van der Waals surface area contributed by atoms with Gasteiger partial charge in [0.05, 0.1) is 7.11 Å². The van der Waals surface area contributed by atoms with E-state index >= 15 is 0 Å². The van der Waals surface area contributed by atoms with Crippen LogP contribution in [0, 0.1) is 5.82 Å². The first-order chi connectivity index (χ1) is 14.6. The van der Waals surface area contributed by atoms with Gasteiger partial charge in [0.15, 0.2) is 0 Å². The molecule has 0 unspecified atom stereocenters. The summed E-state index contributed by atoms with van der Waals surface area (Å²) in [4.78, 5) is 26.1. The van der Waals surface area contributed by atoms with E-state index in [0.717, 1.165) is 5.56 Å². The lowest BCUT2D eigenvalue weighted by atomic mass is 9.97. The van der Waals surface area contributed by atoms with Crippen LogP contribution in [0.3, 0.4) is 0 Å². The van der Waals surface area contributed by atoms with Crippen LogP contribution in [0.2, 0.25) is 0 Å². The minimum absolute atomic E-state index is 0.102. The first-order valence-electron chi connectivity index (χ1n) is 9.51. The molecule has 0 spiro atoms. The van der Waals surface area contributed by atoms with E-state index in [9.17, 15) is 14.0 Å². The molecule has 3 aromatic rings. The first-order valence-corrected chi connectivity index (χ1v) is 9.51. The van der Waals surface area contributed by atoms with Crippen LogP contribution in [0.15, 0.2) is 59.0 Å². The van der Waals surface area contributed by atoms with E-state index in [1.807, 2.05) is 0 Å². The second-order valence-electron chi connectivity index (χ2n) is 6.90. The van der Waals surface area contributed by atoms with Crippen LogP contribution >= 0.6 is 0 Å². The molecule has 0 fully saturated rings. The summed E-state index contributed by atoms with van der Waals surface area (Å²) in [7, 11) is 1.28. The highest BCUT2D eigenvalue weighted by molar-refractivity contribution is 5.97. The molecule has 6 nitrogen and oxygen atoms in total. The van der Waals surface area contributed by atoms with Crippen LogP contribution in [-0.2, 0) is 24.3 Å². The Morgan fingerprint density at radius 1 is 1.13 bits per heavy atom. The molecule has 1 aliphatic heterocycles. The summed E-state index contributed by atoms with van der Waals surface area (Å²) in [6.07, 6.45) is 0.595. The number of carbonyl (C=O) groups is 2. The van der Waals surface area contributed by atoms with Crippen molar-refractivity contribution in [3.63, 3.8) is 0 Å². The number of esters is 1. The number of fused-ring (bicyclic) bond motifs is 1. The van der Waals surface area contributed by atoms with Gasteiger partial charge in [-0.15, -0.1) is 0 Å². The number of furan rings is 1. The van der Waals surface area contributed by atoms with Crippen molar-refractivity contribution in [2.75, 3.05) is 13.7 Å². The lowest BCUT2D eigenvalue weighted by molar-refractivity contribution is 0.0560. The molecule has 0 bridgehead atoms. The van der Waals surface area contributed by atoms with E-state index < -0.39 is 5.97 Å². The summed E-state index contributed by atoms with van der Waals surface area (Å²) >= 11 is 0. The molecule has 2 heterocycles. The lowest BCUT2D eigenvalue weighted by Gasteiger charge is -2.29. The van der Waals surface area contributed by atoms with Crippen LogP contribution in [0.25, 0.3) is 0 Å². The zero-order valence-electron chi connectivity index (χ0n) is 16.4. The molecule has 0 aliphatic carbocycles. The molecule has 154 valence electrons. The number of nitrogens with zero attached hydrogens (tertiary/aromatic N) is 1. The summed E-state index contributed by atoms with van der Waals surface area (Å²) in [5.41, 5.74) is 1.85. The maximum atomic E-state index is 14.0. The second kappa shape index (κ2) is 8.41. The van der Waals surface area contributed by atoms with Crippen molar-refractivity contribution < 1.29 is 27.9 Å². The van der Waals surface area contributed by atoms with E-state index in [-0.39, 0.29) is 30.6 Å².